The molecule has 3 rings (SSSR count). The summed E-state index contributed by atoms with van der Waals surface area (Å²) in [5.41, 5.74) is 0.0354. The highest BCUT2D eigenvalue weighted by Gasteiger charge is 2.06. The molecule has 3 aromatic rings. The molecule has 0 radical (unpaired) electrons. The average Bonchev–Trinajstić information content (AvgIpc) is 3.12. The molecule has 8 nitrogen and oxygen atoms in total. The van der Waals surface area contributed by atoms with Crippen molar-refractivity contribution in [1.82, 2.24) is 25.1 Å². The lowest BCUT2D eigenvalue weighted by atomic mass is 10.3. The van der Waals surface area contributed by atoms with Gasteiger partial charge in [0.15, 0.2) is 5.82 Å². The first-order chi connectivity index (χ1) is 13.0. The summed E-state index contributed by atoms with van der Waals surface area (Å²) in [4.78, 5) is 20.4. The molecular formula is C17H17F2N7O. The molecule has 0 unspecified atom stereocenters. The summed E-state index contributed by atoms with van der Waals surface area (Å²) in [6, 6.07) is 5.74. The standard InChI is InChI=1S/C17H17F2N7O/c1-11-23-15(10-16(24-11)26-6-2-3-22-26)20-4-5-21-17(27)25-14-8-12(18)7-13(19)9-14/h2-3,6-10H,4-5H2,1H3,(H,20,23,24)(H2,21,25,27). The Hall–Kier alpha value is -3.56. The van der Waals surface area contributed by atoms with Crippen LogP contribution >= 0.6 is 0 Å². The van der Waals surface area contributed by atoms with Gasteiger partial charge in [-0.3, -0.25) is 0 Å². The first kappa shape index (κ1) is 18.2. The molecule has 0 fully saturated rings. The summed E-state index contributed by atoms with van der Waals surface area (Å²) in [5.74, 6) is 0.249. The van der Waals surface area contributed by atoms with E-state index < -0.39 is 17.7 Å². The van der Waals surface area contributed by atoms with Gasteiger partial charge in [-0.15, -0.1) is 0 Å². The average molecular weight is 373 g/mol. The molecular weight excluding hydrogens is 356 g/mol. The molecule has 0 spiro atoms. The Morgan fingerprint density at radius 3 is 2.59 bits per heavy atom. The van der Waals surface area contributed by atoms with Gasteiger partial charge in [-0.2, -0.15) is 5.10 Å². The number of aryl methyl sites for hydroxylation is 1. The van der Waals surface area contributed by atoms with Crippen molar-refractivity contribution >= 4 is 17.5 Å². The lowest BCUT2D eigenvalue weighted by molar-refractivity contribution is 0.252. The molecule has 3 N–H and O–H groups in total. The Kier molecular flexibility index (Phi) is 5.55. The topological polar surface area (TPSA) is 96.8 Å². The second-order valence-electron chi connectivity index (χ2n) is 5.58. The van der Waals surface area contributed by atoms with Gasteiger partial charge in [0, 0.05) is 43.3 Å². The number of carbonyl (C=O) groups excluding carboxylic acids is 1. The number of benzene rings is 1. The fourth-order valence-corrected chi connectivity index (χ4v) is 2.33. The van der Waals surface area contributed by atoms with E-state index in [1.807, 2.05) is 0 Å². The molecule has 27 heavy (non-hydrogen) atoms. The first-order valence-corrected chi connectivity index (χ1v) is 8.10. The highest BCUT2D eigenvalue weighted by Crippen LogP contribution is 2.12. The van der Waals surface area contributed by atoms with Crippen molar-refractivity contribution in [2.24, 2.45) is 0 Å². The minimum absolute atomic E-state index is 0.0354. The van der Waals surface area contributed by atoms with E-state index >= 15 is 0 Å². The van der Waals surface area contributed by atoms with Gasteiger partial charge in [-0.1, -0.05) is 0 Å². The van der Waals surface area contributed by atoms with Crippen molar-refractivity contribution < 1.29 is 13.6 Å². The Labute approximate surface area is 153 Å². The molecule has 0 aliphatic rings. The minimum atomic E-state index is -0.765. The smallest absolute Gasteiger partial charge is 0.319 e. The van der Waals surface area contributed by atoms with Gasteiger partial charge in [0.25, 0.3) is 0 Å². The Bertz CT molecular complexity index is 911. The van der Waals surface area contributed by atoms with E-state index in [1.165, 1.54) is 0 Å². The van der Waals surface area contributed by atoms with E-state index in [0.717, 1.165) is 18.2 Å². The van der Waals surface area contributed by atoms with E-state index in [1.54, 1.807) is 36.1 Å². The second kappa shape index (κ2) is 8.21. The molecule has 0 aliphatic heterocycles. The van der Waals surface area contributed by atoms with Crippen molar-refractivity contribution in [3.05, 3.63) is 60.2 Å². The molecule has 0 saturated heterocycles. The molecule has 0 atom stereocenters. The molecule has 2 aromatic heterocycles. The van der Waals surface area contributed by atoms with E-state index in [4.69, 9.17) is 0 Å². The summed E-state index contributed by atoms with van der Waals surface area (Å²) in [6.07, 6.45) is 3.42. The summed E-state index contributed by atoms with van der Waals surface area (Å²) in [5, 5.41) is 12.1. The van der Waals surface area contributed by atoms with Crippen LogP contribution in [0.2, 0.25) is 0 Å². The van der Waals surface area contributed by atoms with Gasteiger partial charge in [0.05, 0.1) is 0 Å². The van der Waals surface area contributed by atoms with Crippen molar-refractivity contribution in [2.75, 3.05) is 23.7 Å². The zero-order valence-corrected chi connectivity index (χ0v) is 14.4. The van der Waals surface area contributed by atoms with Gasteiger partial charge in [-0.25, -0.2) is 28.2 Å². The third-order valence-electron chi connectivity index (χ3n) is 3.40. The van der Waals surface area contributed by atoms with Crippen molar-refractivity contribution in [2.45, 2.75) is 6.92 Å². The minimum Gasteiger partial charge on any atom is -0.368 e. The number of rotatable bonds is 6. The van der Waals surface area contributed by atoms with Crippen LogP contribution in [-0.4, -0.2) is 38.9 Å². The molecule has 10 heteroatoms. The SMILES string of the molecule is Cc1nc(NCCNC(=O)Nc2cc(F)cc(F)c2)cc(-n2cccn2)n1. The Balaban J connectivity index is 1.49. The van der Waals surface area contributed by atoms with E-state index in [9.17, 15) is 13.6 Å². The van der Waals surface area contributed by atoms with Crippen LogP contribution in [-0.2, 0) is 0 Å². The summed E-state index contributed by atoms with van der Waals surface area (Å²) in [7, 11) is 0. The maximum Gasteiger partial charge on any atom is 0.319 e. The zero-order valence-electron chi connectivity index (χ0n) is 14.4. The van der Waals surface area contributed by atoms with Crippen LogP contribution in [0.3, 0.4) is 0 Å². The third-order valence-corrected chi connectivity index (χ3v) is 3.40. The van der Waals surface area contributed by atoms with Gasteiger partial charge < -0.3 is 16.0 Å². The molecule has 140 valence electrons. The summed E-state index contributed by atoms with van der Waals surface area (Å²) in [6.45, 7) is 2.42. The van der Waals surface area contributed by atoms with Crippen molar-refractivity contribution in [1.29, 1.82) is 0 Å². The van der Waals surface area contributed by atoms with E-state index in [0.29, 0.717) is 24.0 Å². The number of urea groups is 1. The van der Waals surface area contributed by atoms with E-state index in [-0.39, 0.29) is 12.2 Å². The highest BCUT2D eigenvalue weighted by atomic mass is 19.1. The van der Waals surface area contributed by atoms with Crippen molar-refractivity contribution in [3.8, 4) is 5.82 Å². The van der Waals surface area contributed by atoms with E-state index in [2.05, 4.69) is 31.0 Å². The number of hydrogen-bond acceptors (Lipinski definition) is 5. The first-order valence-electron chi connectivity index (χ1n) is 8.10. The number of anilines is 2. The molecule has 0 saturated carbocycles. The number of amides is 2. The van der Waals surface area contributed by atoms with Gasteiger partial charge >= 0.3 is 6.03 Å². The normalized spacial score (nSPS) is 10.5. The lowest BCUT2D eigenvalue weighted by Gasteiger charge is -2.10. The number of hydrogen-bond donors (Lipinski definition) is 3. The fraction of sp³-hybridized carbons (Fsp3) is 0.176. The van der Waals surface area contributed by atoms with Crippen LogP contribution in [0.15, 0.2) is 42.7 Å². The highest BCUT2D eigenvalue weighted by molar-refractivity contribution is 5.89. The summed E-state index contributed by atoms with van der Waals surface area (Å²) < 4.78 is 27.8. The Morgan fingerprint density at radius 1 is 1.11 bits per heavy atom. The molecule has 2 heterocycles. The Morgan fingerprint density at radius 2 is 1.89 bits per heavy atom. The number of nitrogens with one attached hydrogen (secondary N) is 3. The predicted octanol–water partition coefficient (Wildman–Crippen LogP) is 2.48. The van der Waals surface area contributed by atoms with Crippen LogP contribution in [0.25, 0.3) is 5.82 Å². The molecule has 1 aromatic carbocycles. The van der Waals surface area contributed by atoms with Crippen LogP contribution in [0.1, 0.15) is 5.82 Å². The third kappa shape index (κ3) is 5.21. The van der Waals surface area contributed by atoms with Crippen LogP contribution in [0.4, 0.5) is 25.1 Å². The largest absolute Gasteiger partial charge is 0.368 e. The van der Waals surface area contributed by atoms with Crippen LogP contribution < -0.4 is 16.0 Å². The zero-order chi connectivity index (χ0) is 19.2. The van der Waals surface area contributed by atoms with Crippen LogP contribution in [0.5, 0.6) is 0 Å². The van der Waals surface area contributed by atoms with Crippen LogP contribution in [0, 0.1) is 18.6 Å². The number of aromatic nitrogens is 4. The number of carbonyl (C=O) groups is 1. The quantitative estimate of drug-likeness (QED) is 0.577. The van der Waals surface area contributed by atoms with Gasteiger partial charge in [0.2, 0.25) is 0 Å². The second-order valence-corrected chi connectivity index (χ2v) is 5.58. The maximum absolute atomic E-state index is 13.1. The van der Waals surface area contributed by atoms with Gasteiger partial charge in [0.1, 0.15) is 23.3 Å². The van der Waals surface area contributed by atoms with Crippen molar-refractivity contribution in [3.63, 3.8) is 0 Å². The number of halogens is 2. The molecule has 0 bridgehead atoms. The predicted molar refractivity (Wildman–Crippen MR) is 95.8 cm³/mol. The lowest BCUT2D eigenvalue weighted by Crippen LogP contribution is -2.32. The number of nitrogens with zero attached hydrogens (tertiary/aromatic N) is 4. The van der Waals surface area contributed by atoms with Gasteiger partial charge in [-0.05, 0) is 25.1 Å². The maximum atomic E-state index is 13.1. The molecule has 2 amide bonds. The fourth-order valence-electron chi connectivity index (χ4n) is 2.33. The summed E-state index contributed by atoms with van der Waals surface area (Å²) >= 11 is 0. The molecule has 0 aliphatic carbocycles. The monoisotopic (exact) mass is 373 g/mol.